The van der Waals surface area contributed by atoms with Crippen molar-refractivity contribution in [2.75, 3.05) is 25.4 Å². The molecule has 0 bridgehead atoms. The SMILES string of the molecule is CC(N)C1CCN(S(=O)(=O)CC2CCCCO2)C1.Cl. The molecular weight excluding hydrogens is 288 g/mol. The third kappa shape index (κ3) is 4.56. The average Bonchev–Trinajstić information content (AvgIpc) is 2.79. The van der Waals surface area contributed by atoms with Crippen LogP contribution in [0.5, 0.6) is 0 Å². The molecule has 2 saturated heterocycles. The smallest absolute Gasteiger partial charge is 0.216 e. The zero-order valence-corrected chi connectivity index (χ0v) is 13.1. The highest BCUT2D eigenvalue weighted by atomic mass is 35.5. The van der Waals surface area contributed by atoms with E-state index in [0.717, 1.165) is 25.7 Å². The van der Waals surface area contributed by atoms with Crippen molar-refractivity contribution in [2.45, 2.75) is 44.8 Å². The van der Waals surface area contributed by atoms with Gasteiger partial charge in [-0.3, -0.25) is 0 Å². The Hall–Kier alpha value is 0.120. The van der Waals surface area contributed by atoms with Crippen molar-refractivity contribution in [1.29, 1.82) is 0 Å². The number of nitrogens with zero attached hydrogens (tertiary/aromatic N) is 1. The van der Waals surface area contributed by atoms with Crippen molar-refractivity contribution in [3.05, 3.63) is 0 Å². The van der Waals surface area contributed by atoms with Gasteiger partial charge in [-0.25, -0.2) is 12.7 Å². The zero-order chi connectivity index (χ0) is 13.2. The Morgan fingerprint density at radius 2 is 2.11 bits per heavy atom. The van der Waals surface area contributed by atoms with Crippen LogP contribution in [0.25, 0.3) is 0 Å². The maximum Gasteiger partial charge on any atom is 0.216 e. The van der Waals surface area contributed by atoms with Gasteiger partial charge in [0.1, 0.15) is 0 Å². The largest absolute Gasteiger partial charge is 0.377 e. The number of hydrogen-bond donors (Lipinski definition) is 1. The van der Waals surface area contributed by atoms with Crippen LogP contribution in [0.4, 0.5) is 0 Å². The summed E-state index contributed by atoms with van der Waals surface area (Å²) < 4.78 is 31.7. The molecule has 2 aliphatic rings. The second kappa shape index (κ2) is 7.22. The van der Waals surface area contributed by atoms with E-state index in [1.807, 2.05) is 6.92 Å². The first-order valence-corrected chi connectivity index (χ1v) is 8.45. The molecule has 0 aromatic heterocycles. The number of sulfonamides is 1. The number of hydrogen-bond acceptors (Lipinski definition) is 4. The fourth-order valence-electron chi connectivity index (χ4n) is 2.71. The molecule has 3 unspecified atom stereocenters. The summed E-state index contributed by atoms with van der Waals surface area (Å²) in [5, 5.41) is 0. The first-order chi connectivity index (χ1) is 8.49. The van der Waals surface area contributed by atoms with Gasteiger partial charge in [-0.1, -0.05) is 0 Å². The Bertz CT molecular complexity index is 369. The minimum absolute atomic E-state index is 0. The molecule has 19 heavy (non-hydrogen) atoms. The minimum Gasteiger partial charge on any atom is -0.377 e. The Balaban J connectivity index is 0.00000180. The molecule has 0 aromatic carbocycles. The molecule has 2 aliphatic heterocycles. The summed E-state index contributed by atoms with van der Waals surface area (Å²) in [5.41, 5.74) is 5.84. The van der Waals surface area contributed by atoms with Crippen LogP contribution in [-0.2, 0) is 14.8 Å². The van der Waals surface area contributed by atoms with Gasteiger partial charge in [0.25, 0.3) is 0 Å². The van der Waals surface area contributed by atoms with Crippen LogP contribution < -0.4 is 5.73 Å². The van der Waals surface area contributed by atoms with Gasteiger partial charge >= 0.3 is 0 Å². The first-order valence-electron chi connectivity index (χ1n) is 6.84. The summed E-state index contributed by atoms with van der Waals surface area (Å²) in [5.74, 6) is 0.436. The second-order valence-electron chi connectivity index (χ2n) is 5.53. The molecule has 0 amide bonds. The monoisotopic (exact) mass is 312 g/mol. The molecule has 7 heteroatoms. The van der Waals surface area contributed by atoms with Crippen LogP contribution in [0.15, 0.2) is 0 Å². The van der Waals surface area contributed by atoms with E-state index in [0.29, 0.717) is 25.6 Å². The van der Waals surface area contributed by atoms with E-state index in [2.05, 4.69) is 0 Å². The maximum atomic E-state index is 12.3. The van der Waals surface area contributed by atoms with Gasteiger partial charge in [0.05, 0.1) is 11.9 Å². The van der Waals surface area contributed by atoms with Gasteiger partial charge < -0.3 is 10.5 Å². The molecule has 2 N–H and O–H groups in total. The Kier molecular flexibility index (Phi) is 6.53. The average molecular weight is 313 g/mol. The minimum atomic E-state index is -3.17. The van der Waals surface area contributed by atoms with E-state index in [1.54, 1.807) is 4.31 Å². The normalized spacial score (nSPS) is 30.8. The maximum absolute atomic E-state index is 12.3. The lowest BCUT2D eigenvalue weighted by Gasteiger charge is -2.25. The van der Waals surface area contributed by atoms with Crippen molar-refractivity contribution in [3.63, 3.8) is 0 Å². The molecule has 5 nitrogen and oxygen atoms in total. The van der Waals surface area contributed by atoms with Crippen LogP contribution in [0.3, 0.4) is 0 Å². The van der Waals surface area contributed by atoms with Crippen LogP contribution in [0.1, 0.15) is 32.6 Å². The molecule has 0 radical (unpaired) electrons. The molecule has 2 fully saturated rings. The molecule has 2 rings (SSSR count). The Morgan fingerprint density at radius 1 is 1.37 bits per heavy atom. The Morgan fingerprint density at radius 3 is 2.63 bits per heavy atom. The lowest BCUT2D eigenvalue weighted by molar-refractivity contribution is 0.0299. The highest BCUT2D eigenvalue weighted by Gasteiger charge is 2.34. The molecule has 3 atom stereocenters. The summed E-state index contributed by atoms with van der Waals surface area (Å²) in [4.78, 5) is 0. The summed E-state index contributed by atoms with van der Waals surface area (Å²) in [6.07, 6.45) is 3.75. The number of rotatable bonds is 4. The van der Waals surface area contributed by atoms with Crippen LogP contribution in [-0.4, -0.2) is 50.3 Å². The van der Waals surface area contributed by atoms with Gasteiger partial charge in [-0.2, -0.15) is 0 Å². The topological polar surface area (TPSA) is 72.6 Å². The molecular formula is C12H25ClN2O3S. The predicted octanol–water partition coefficient (Wildman–Crippen LogP) is 0.976. The van der Waals surface area contributed by atoms with Gasteiger partial charge in [0, 0.05) is 25.7 Å². The van der Waals surface area contributed by atoms with E-state index in [1.165, 1.54) is 0 Å². The fraction of sp³-hybridized carbons (Fsp3) is 1.00. The third-order valence-electron chi connectivity index (χ3n) is 3.99. The summed E-state index contributed by atoms with van der Waals surface area (Å²) in [6, 6.07) is 0.0659. The van der Waals surface area contributed by atoms with Crippen molar-refractivity contribution in [1.82, 2.24) is 4.31 Å². The summed E-state index contributed by atoms with van der Waals surface area (Å²) >= 11 is 0. The summed E-state index contributed by atoms with van der Waals surface area (Å²) in [7, 11) is -3.17. The van der Waals surface area contributed by atoms with Crippen LogP contribution >= 0.6 is 12.4 Å². The predicted molar refractivity (Wildman–Crippen MR) is 78.0 cm³/mol. The summed E-state index contributed by atoms with van der Waals surface area (Å²) in [6.45, 7) is 3.83. The molecule has 0 spiro atoms. The standard InChI is InChI=1S/C12H24N2O3S.ClH/c1-10(13)11-5-6-14(8-11)18(15,16)9-12-4-2-3-7-17-12;/h10-12H,2-9,13H2,1H3;1H. The number of nitrogens with two attached hydrogens (primary N) is 1. The van der Waals surface area contributed by atoms with Crippen LogP contribution in [0.2, 0.25) is 0 Å². The molecule has 0 saturated carbocycles. The van der Waals surface area contributed by atoms with E-state index >= 15 is 0 Å². The first kappa shape index (κ1) is 17.2. The molecule has 0 aliphatic carbocycles. The third-order valence-corrected chi connectivity index (χ3v) is 5.91. The van der Waals surface area contributed by atoms with Gasteiger partial charge in [-0.05, 0) is 38.5 Å². The molecule has 114 valence electrons. The van der Waals surface area contributed by atoms with Gasteiger partial charge in [0.15, 0.2) is 0 Å². The highest BCUT2D eigenvalue weighted by molar-refractivity contribution is 7.89. The van der Waals surface area contributed by atoms with E-state index < -0.39 is 10.0 Å². The van der Waals surface area contributed by atoms with Gasteiger partial charge in [0.2, 0.25) is 10.0 Å². The second-order valence-corrected chi connectivity index (χ2v) is 7.55. The van der Waals surface area contributed by atoms with E-state index in [4.69, 9.17) is 10.5 Å². The quantitative estimate of drug-likeness (QED) is 0.840. The molecule has 0 aromatic rings. The van der Waals surface area contributed by atoms with Crippen molar-refractivity contribution >= 4 is 22.4 Å². The lowest BCUT2D eigenvalue weighted by atomic mass is 10.0. The number of halogens is 1. The van der Waals surface area contributed by atoms with E-state index in [-0.39, 0.29) is 30.3 Å². The molecule has 2 heterocycles. The van der Waals surface area contributed by atoms with Crippen LogP contribution in [0, 0.1) is 5.92 Å². The van der Waals surface area contributed by atoms with Crippen molar-refractivity contribution in [3.8, 4) is 0 Å². The Labute approximate surface area is 122 Å². The van der Waals surface area contributed by atoms with E-state index in [9.17, 15) is 8.42 Å². The van der Waals surface area contributed by atoms with Crippen molar-refractivity contribution < 1.29 is 13.2 Å². The highest BCUT2D eigenvalue weighted by Crippen LogP contribution is 2.23. The lowest BCUT2D eigenvalue weighted by Crippen LogP contribution is -2.38. The van der Waals surface area contributed by atoms with Crippen molar-refractivity contribution in [2.24, 2.45) is 11.7 Å². The zero-order valence-electron chi connectivity index (χ0n) is 11.5. The fourth-order valence-corrected chi connectivity index (χ4v) is 4.46. The van der Waals surface area contributed by atoms with Gasteiger partial charge in [-0.15, -0.1) is 12.4 Å². The number of ether oxygens (including phenoxy) is 1.